The maximum Gasteiger partial charge on any atom is 0.144 e. The van der Waals surface area contributed by atoms with E-state index in [2.05, 4.69) is 17.4 Å². The molecule has 20 heavy (non-hydrogen) atoms. The third-order valence-electron chi connectivity index (χ3n) is 3.27. The zero-order chi connectivity index (χ0) is 13.9. The molecular weight excluding hydrogens is 274 g/mol. The van der Waals surface area contributed by atoms with E-state index in [4.69, 9.17) is 21.1 Å². The second kappa shape index (κ2) is 5.63. The smallest absolute Gasteiger partial charge is 0.144 e. The quantitative estimate of drug-likeness (QED) is 0.914. The van der Waals surface area contributed by atoms with Gasteiger partial charge in [0.25, 0.3) is 0 Å². The van der Waals surface area contributed by atoms with Crippen LogP contribution in [-0.4, -0.2) is 13.2 Å². The molecule has 0 amide bonds. The molecule has 1 atom stereocenters. The van der Waals surface area contributed by atoms with Crippen LogP contribution in [0, 0.1) is 0 Å². The van der Waals surface area contributed by atoms with Crippen LogP contribution in [-0.2, 0) is 0 Å². The van der Waals surface area contributed by atoms with E-state index in [0.29, 0.717) is 18.2 Å². The molecule has 0 unspecified atom stereocenters. The second-order valence-corrected chi connectivity index (χ2v) is 5.09. The lowest BCUT2D eigenvalue weighted by Crippen LogP contribution is -2.23. The van der Waals surface area contributed by atoms with Crippen molar-refractivity contribution in [2.24, 2.45) is 0 Å². The van der Waals surface area contributed by atoms with Gasteiger partial charge in [0, 0.05) is 11.1 Å². The summed E-state index contributed by atoms with van der Waals surface area (Å²) in [5.41, 5.74) is 2.15. The fourth-order valence-corrected chi connectivity index (χ4v) is 2.44. The van der Waals surface area contributed by atoms with Crippen molar-refractivity contribution in [2.75, 3.05) is 18.5 Å². The molecule has 1 aliphatic rings. The summed E-state index contributed by atoms with van der Waals surface area (Å²) in [4.78, 5) is 0. The topological polar surface area (TPSA) is 30.5 Å². The molecule has 1 N–H and O–H groups in total. The van der Waals surface area contributed by atoms with Crippen LogP contribution in [0.3, 0.4) is 0 Å². The molecular formula is C16H16ClNO2. The van der Waals surface area contributed by atoms with Gasteiger partial charge in [-0.2, -0.15) is 0 Å². The molecule has 1 heterocycles. The van der Waals surface area contributed by atoms with Crippen molar-refractivity contribution in [3.8, 4) is 11.5 Å². The summed E-state index contributed by atoms with van der Waals surface area (Å²) in [6.45, 7) is 3.24. The summed E-state index contributed by atoms with van der Waals surface area (Å²) in [7, 11) is 0. The number of hydrogen-bond donors (Lipinski definition) is 1. The largest absolute Gasteiger partial charge is 0.494 e. The fourth-order valence-electron chi connectivity index (χ4n) is 2.28. The van der Waals surface area contributed by atoms with Crippen LogP contribution >= 0.6 is 11.6 Å². The van der Waals surface area contributed by atoms with Gasteiger partial charge in [-0.15, -0.1) is 0 Å². The molecule has 2 aromatic carbocycles. The highest BCUT2D eigenvalue weighted by molar-refractivity contribution is 6.30. The van der Waals surface area contributed by atoms with Crippen molar-refractivity contribution >= 4 is 17.3 Å². The van der Waals surface area contributed by atoms with Crippen LogP contribution in [0.15, 0.2) is 42.5 Å². The normalized spacial score (nSPS) is 16.8. The zero-order valence-electron chi connectivity index (χ0n) is 11.2. The van der Waals surface area contributed by atoms with E-state index in [9.17, 15) is 0 Å². The molecule has 3 rings (SSSR count). The highest BCUT2D eigenvalue weighted by atomic mass is 35.5. The SMILES string of the molecule is CCOc1ccc([C@H]2COc3cc(Cl)ccc3N2)cc1. The Kier molecular flexibility index (Phi) is 3.70. The predicted octanol–water partition coefficient (Wildman–Crippen LogP) is 4.28. The minimum atomic E-state index is 0.138. The summed E-state index contributed by atoms with van der Waals surface area (Å²) in [6, 6.07) is 13.9. The number of ether oxygens (including phenoxy) is 2. The number of nitrogens with one attached hydrogen (secondary N) is 1. The lowest BCUT2D eigenvalue weighted by molar-refractivity contribution is 0.286. The van der Waals surface area contributed by atoms with Crippen molar-refractivity contribution in [3.63, 3.8) is 0 Å². The van der Waals surface area contributed by atoms with Gasteiger partial charge in [-0.1, -0.05) is 23.7 Å². The van der Waals surface area contributed by atoms with Gasteiger partial charge in [-0.3, -0.25) is 0 Å². The van der Waals surface area contributed by atoms with Gasteiger partial charge in [0.15, 0.2) is 0 Å². The van der Waals surface area contributed by atoms with Gasteiger partial charge in [-0.25, -0.2) is 0 Å². The lowest BCUT2D eigenvalue weighted by Gasteiger charge is -2.28. The Morgan fingerprint density at radius 2 is 2.05 bits per heavy atom. The number of anilines is 1. The third-order valence-corrected chi connectivity index (χ3v) is 3.51. The Bertz CT molecular complexity index is 598. The number of rotatable bonds is 3. The first kappa shape index (κ1) is 13.1. The highest BCUT2D eigenvalue weighted by Crippen LogP contribution is 2.35. The Morgan fingerprint density at radius 3 is 2.80 bits per heavy atom. The van der Waals surface area contributed by atoms with Crippen LogP contribution in [0.25, 0.3) is 0 Å². The van der Waals surface area contributed by atoms with Crippen LogP contribution in [0.2, 0.25) is 5.02 Å². The van der Waals surface area contributed by atoms with Crippen molar-refractivity contribution < 1.29 is 9.47 Å². The van der Waals surface area contributed by atoms with Crippen molar-refractivity contribution in [1.29, 1.82) is 0 Å². The summed E-state index contributed by atoms with van der Waals surface area (Å²) in [5, 5.41) is 4.15. The predicted molar refractivity (Wildman–Crippen MR) is 80.9 cm³/mol. The molecule has 4 heteroatoms. The number of halogens is 1. The van der Waals surface area contributed by atoms with E-state index < -0.39 is 0 Å². The summed E-state index contributed by atoms with van der Waals surface area (Å²) >= 11 is 5.96. The van der Waals surface area contributed by atoms with E-state index >= 15 is 0 Å². The average molecular weight is 290 g/mol. The summed E-state index contributed by atoms with van der Waals surface area (Å²) in [5.74, 6) is 1.69. The second-order valence-electron chi connectivity index (χ2n) is 4.65. The molecule has 1 aliphatic heterocycles. The lowest BCUT2D eigenvalue weighted by atomic mass is 10.1. The Balaban J connectivity index is 1.77. The maximum absolute atomic E-state index is 5.96. The van der Waals surface area contributed by atoms with E-state index in [0.717, 1.165) is 17.2 Å². The monoisotopic (exact) mass is 289 g/mol. The Hall–Kier alpha value is -1.87. The van der Waals surface area contributed by atoms with Crippen molar-refractivity contribution in [1.82, 2.24) is 0 Å². The van der Waals surface area contributed by atoms with Crippen LogP contribution < -0.4 is 14.8 Å². The molecule has 0 aromatic heterocycles. The van der Waals surface area contributed by atoms with Crippen LogP contribution in [0.5, 0.6) is 11.5 Å². The zero-order valence-corrected chi connectivity index (χ0v) is 12.0. The van der Waals surface area contributed by atoms with Gasteiger partial charge < -0.3 is 14.8 Å². The third kappa shape index (κ3) is 2.68. The first-order chi connectivity index (χ1) is 9.76. The van der Waals surface area contributed by atoms with E-state index in [1.165, 1.54) is 5.56 Å². The number of benzene rings is 2. The van der Waals surface area contributed by atoms with Gasteiger partial charge in [0.2, 0.25) is 0 Å². The van der Waals surface area contributed by atoms with E-state index in [-0.39, 0.29) is 6.04 Å². The standard InChI is InChI=1S/C16H16ClNO2/c1-2-19-13-6-3-11(4-7-13)15-10-20-16-9-12(17)5-8-14(16)18-15/h3-9,15,18H,2,10H2,1H3/t15-/m1/s1. The average Bonchev–Trinajstić information content (AvgIpc) is 2.48. The minimum absolute atomic E-state index is 0.138. The highest BCUT2D eigenvalue weighted by Gasteiger charge is 2.20. The molecule has 2 aromatic rings. The summed E-state index contributed by atoms with van der Waals surface area (Å²) in [6.07, 6.45) is 0. The molecule has 0 bridgehead atoms. The molecule has 0 radical (unpaired) electrons. The maximum atomic E-state index is 5.96. The van der Waals surface area contributed by atoms with E-state index in [1.54, 1.807) is 0 Å². The van der Waals surface area contributed by atoms with Crippen molar-refractivity contribution in [3.05, 3.63) is 53.1 Å². The first-order valence-electron chi connectivity index (χ1n) is 6.68. The van der Waals surface area contributed by atoms with E-state index in [1.807, 2.05) is 37.3 Å². The Labute approximate surface area is 123 Å². The van der Waals surface area contributed by atoms with Crippen LogP contribution in [0.1, 0.15) is 18.5 Å². The van der Waals surface area contributed by atoms with Gasteiger partial charge in [0.1, 0.15) is 18.1 Å². The molecule has 0 saturated heterocycles. The minimum Gasteiger partial charge on any atom is -0.494 e. The molecule has 0 saturated carbocycles. The van der Waals surface area contributed by atoms with Crippen LogP contribution in [0.4, 0.5) is 5.69 Å². The molecule has 0 fully saturated rings. The molecule has 0 aliphatic carbocycles. The molecule has 0 spiro atoms. The first-order valence-corrected chi connectivity index (χ1v) is 7.05. The fraction of sp³-hybridized carbons (Fsp3) is 0.250. The van der Waals surface area contributed by atoms with Crippen molar-refractivity contribution in [2.45, 2.75) is 13.0 Å². The Morgan fingerprint density at radius 1 is 1.25 bits per heavy atom. The van der Waals surface area contributed by atoms with Gasteiger partial charge in [-0.05, 0) is 36.8 Å². The van der Waals surface area contributed by atoms with Gasteiger partial charge >= 0.3 is 0 Å². The number of fused-ring (bicyclic) bond motifs is 1. The van der Waals surface area contributed by atoms with Gasteiger partial charge in [0.05, 0.1) is 18.3 Å². The number of hydrogen-bond acceptors (Lipinski definition) is 3. The summed E-state index contributed by atoms with van der Waals surface area (Å²) < 4.78 is 11.2. The molecule has 3 nitrogen and oxygen atoms in total. The molecule has 104 valence electrons.